The monoisotopic (exact) mass is 329 g/mol. The largest absolute Gasteiger partial charge is 0.466 e. The summed E-state index contributed by atoms with van der Waals surface area (Å²) < 4.78 is 10.2. The molecular weight excluding hydrogens is 294 g/mol. The lowest BCUT2D eigenvalue weighted by Gasteiger charge is -2.13. The molecule has 0 fully saturated rings. The van der Waals surface area contributed by atoms with Gasteiger partial charge >= 0.3 is 12.1 Å². The van der Waals surface area contributed by atoms with E-state index in [1.807, 2.05) is 0 Å². The van der Waals surface area contributed by atoms with Crippen LogP contribution in [0, 0.1) is 0 Å². The number of hydrogen-bond donors (Lipinski definition) is 1. The van der Waals surface area contributed by atoms with Gasteiger partial charge in [0.25, 0.3) is 0 Å². The first-order valence-corrected chi connectivity index (χ1v) is 9.19. The molecule has 0 aliphatic rings. The SMILES string of the molecule is CCCCCCCOC(=O)CC(C)NC(=O)OCCCCCC. The third-order valence-electron chi connectivity index (χ3n) is 3.58. The van der Waals surface area contributed by atoms with E-state index in [-0.39, 0.29) is 18.4 Å². The van der Waals surface area contributed by atoms with Crippen LogP contribution in [-0.2, 0) is 14.3 Å². The van der Waals surface area contributed by atoms with E-state index < -0.39 is 6.09 Å². The zero-order valence-electron chi connectivity index (χ0n) is 15.2. The average molecular weight is 329 g/mol. The summed E-state index contributed by atoms with van der Waals surface area (Å²) in [5.74, 6) is -0.267. The summed E-state index contributed by atoms with van der Waals surface area (Å²) in [5.41, 5.74) is 0. The fourth-order valence-corrected chi connectivity index (χ4v) is 2.19. The molecule has 1 N–H and O–H groups in total. The number of esters is 1. The molecule has 0 saturated carbocycles. The zero-order valence-corrected chi connectivity index (χ0v) is 15.2. The molecule has 0 radical (unpaired) electrons. The van der Waals surface area contributed by atoms with Gasteiger partial charge in [0.15, 0.2) is 0 Å². The van der Waals surface area contributed by atoms with Gasteiger partial charge in [-0.25, -0.2) is 4.79 Å². The van der Waals surface area contributed by atoms with Crippen LogP contribution in [0.1, 0.15) is 85.0 Å². The third-order valence-corrected chi connectivity index (χ3v) is 3.58. The van der Waals surface area contributed by atoms with Crippen molar-refractivity contribution < 1.29 is 19.1 Å². The molecule has 23 heavy (non-hydrogen) atoms. The van der Waals surface area contributed by atoms with Gasteiger partial charge in [-0.15, -0.1) is 0 Å². The van der Waals surface area contributed by atoms with Gasteiger partial charge in [0.05, 0.1) is 19.6 Å². The highest BCUT2D eigenvalue weighted by Crippen LogP contribution is 2.04. The molecule has 0 bridgehead atoms. The summed E-state index contributed by atoms with van der Waals surface area (Å²) in [6, 6.07) is -0.272. The van der Waals surface area contributed by atoms with E-state index in [0.717, 1.165) is 38.5 Å². The predicted molar refractivity (Wildman–Crippen MR) is 92.4 cm³/mol. The molecule has 5 nitrogen and oxygen atoms in total. The van der Waals surface area contributed by atoms with Crippen LogP contribution in [0.15, 0.2) is 0 Å². The van der Waals surface area contributed by atoms with E-state index in [0.29, 0.717) is 13.2 Å². The maximum Gasteiger partial charge on any atom is 0.407 e. The van der Waals surface area contributed by atoms with E-state index >= 15 is 0 Å². The van der Waals surface area contributed by atoms with Crippen LogP contribution in [0.25, 0.3) is 0 Å². The smallest absolute Gasteiger partial charge is 0.407 e. The number of rotatable bonds is 14. The molecule has 0 aromatic carbocycles. The summed E-state index contributed by atoms with van der Waals surface area (Å²) in [6.45, 7) is 6.99. The number of ether oxygens (including phenoxy) is 2. The highest BCUT2D eigenvalue weighted by atomic mass is 16.5. The first-order chi connectivity index (χ1) is 11.1. The van der Waals surface area contributed by atoms with Gasteiger partial charge in [-0.3, -0.25) is 4.79 Å². The van der Waals surface area contributed by atoms with E-state index in [1.54, 1.807) is 6.92 Å². The lowest BCUT2D eigenvalue weighted by Crippen LogP contribution is -2.35. The molecule has 0 heterocycles. The van der Waals surface area contributed by atoms with Gasteiger partial charge in [-0.2, -0.15) is 0 Å². The lowest BCUT2D eigenvalue weighted by molar-refractivity contribution is -0.144. The van der Waals surface area contributed by atoms with Crippen molar-refractivity contribution in [2.75, 3.05) is 13.2 Å². The highest BCUT2D eigenvalue weighted by Gasteiger charge is 2.13. The normalized spacial score (nSPS) is 11.8. The van der Waals surface area contributed by atoms with Crippen LogP contribution >= 0.6 is 0 Å². The standard InChI is InChI=1S/C18H35NO4/c1-4-6-8-10-12-13-22-17(20)15-16(3)19-18(21)23-14-11-9-7-5-2/h16H,4-15H2,1-3H3,(H,19,21). The molecule has 5 heteroatoms. The van der Waals surface area contributed by atoms with Crippen LogP contribution in [-0.4, -0.2) is 31.3 Å². The minimum atomic E-state index is -0.457. The fraction of sp³-hybridized carbons (Fsp3) is 0.889. The fourth-order valence-electron chi connectivity index (χ4n) is 2.19. The molecule has 0 aromatic rings. The minimum Gasteiger partial charge on any atom is -0.466 e. The molecule has 0 saturated heterocycles. The summed E-state index contributed by atoms with van der Waals surface area (Å²) in [7, 11) is 0. The van der Waals surface area contributed by atoms with Crippen molar-refractivity contribution in [1.82, 2.24) is 5.32 Å². The van der Waals surface area contributed by atoms with Crippen molar-refractivity contribution >= 4 is 12.1 Å². The maximum absolute atomic E-state index is 11.6. The molecular formula is C18H35NO4. The van der Waals surface area contributed by atoms with Crippen LogP contribution in [0.2, 0.25) is 0 Å². The second-order valence-electron chi connectivity index (χ2n) is 6.08. The predicted octanol–water partition coefficient (Wildman–Crippen LogP) is 4.59. The Bertz CT molecular complexity index is 307. The van der Waals surface area contributed by atoms with Gasteiger partial charge < -0.3 is 14.8 Å². The maximum atomic E-state index is 11.6. The molecule has 0 aromatic heterocycles. The number of carbonyl (C=O) groups excluding carboxylic acids is 2. The van der Waals surface area contributed by atoms with E-state index in [4.69, 9.17) is 9.47 Å². The van der Waals surface area contributed by atoms with Crippen LogP contribution < -0.4 is 5.32 Å². The number of nitrogens with one attached hydrogen (secondary N) is 1. The van der Waals surface area contributed by atoms with Crippen LogP contribution in [0.3, 0.4) is 0 Å². The first-order valence-electron chi connectivity index (χ1n) is 9.19. The highest BCUT2D eigenvalue weighted by molar-refractivity contribution is 5.72. The van der Waals surface area contributed by atoms with Gasteiger partial charge in [0.1, 0.15) is 0 Å². The first kappa shape index (κ1) is 21.7. The van der Waals surface area contributed by atoms with E-state index in [2.05, 4.69) is 19.2 Å². The van der Waals surface area contributed by atoms with Crippen molar-refractivity contribution in [3.63, 3.8) is 0 Å². The average Bonchev–Trinajstić information content (AvgIpc) is 2.50. The minimum absolute atomic E-state index is 0.180. The summed E-state index contributed by atoms with van der Waals surface area (Å²) in [6.07, 6.45) is 9.63. The summed E-state index contributed by atoms with van der Waals surface area (Å²) in [4.78, 5) is 23.2. The van der Waals surface area contributed by atoms with Crippen LogP contribution in [0.5, 0.6) is 0 Å². The molecule has 1 unspecified atom stereocenters. The second kappa shape index (κ2) is 15.6. The van der Waals surface area contributed by atoms with Crippen molar-refractivity contribution in [3.05, 3.63) is 0 Å². The second-order valence-corrected chi connectivity index (χ2v) is 6.08. The number of alkyl carbamates (subject to hydrolysis) is 1. The van der Waals surface area contributed by atoms with E-state index in [1.165, 1.54) is 19.3 Å². The Labute approximate surface area is 141 Å². The van der Waals surface area contributed by atoms with E-state index in [9.17, 15) is 9.59 Å². The molecule has 0 aliphatic heterocycles. The number of amides is 1. The van der Waals surface area contributed by atoms with Gasteiger partial charge in [-0.05, 0) is 19.8 Å². The van der Waals surface area contributed by atoms with Gasteiger partial charge in [-0.1, -0.05) is 58.8 Å². The molecule has 0 rings (SSSR count). The topological polar surface area (TPSA) is 64.6 Å². The Morgan fingerprint density at radius 2 is 1.35 bits per heavy atom. The number of unbranched alkanes of at least 4 members (excludes halogenated alkanes) is 7. The van der Waals surface area contributed by atoms with Gasteiger partial charge in [0, 0.05) is 6.04 Å². The lowest BCUT2D eigenvalue weighted by atomic mass is 10.2. The Balaban J connectivity index is 3.57. The van der Waals surface area contributed by atoms with Crippen molar-refractivity contribution in [2.45, 2.75) is 91.0 Å². The summed E-state index contributed by atoms with van der Waals surface area (Å²) >= 11 is 0. The molecule has 1 amide bonds. The van der Waals surface area contributed by atoms with Crippen molar-refractivity contribution in [1.29, 1.82) is 0 Å². The molecule has 136 valence electrons. The van der Waals surface area contributed by atoms with Gasteiger partial charge in [0.2, 0.25) is 0 Å². The number of carbonyl (C=O) groups is 2. The molecule has 0 spiro atoms. The Hall–Kier alpha value is -1.26. The van der Waals surface area contributed by atoms with Crippen molar-refractivity contribution in [3.8, 4) is 0 Å². The summed E-state index contributed by atoms with van der Waals surface area (Å²) in [5, 5.41) is 2.66. The third kappa shape index (κ3) is 15.4. The number of hydrogen-bond acceptors (Lipinski definition) is 4. The quantitative estimate of drug-likeness (QED) is 0.374. The Morgan fingerprint density at radius 1 is 0.826 bits per heavy atom. The van der Waals surface area contributed by atoms with Crippen LogP contribution in [0.4, 0.5) is 4.79 Å². The zero-order chi connectivity index (χ0) is 17.3. The molecule has 0 aliphatic carbocycles. The Kier molecular flexibility index (Phi) is 14.8. The molecule has 1 atom stereocenters. The Morgan fingerprint density at radius 3 is 1.96 bits per heavy atom. The van der Waals surface area contributed by atoms with Crippen molar-refractivity contribution in [2.24, 2.45) is 0 Å².